The molecule has 1 N–H and O–H groups in total. The number of benzene rings is 3. The lowest BCUT2D eigenvalue weighted by molar-refractivity contribution is -0.119. The molecule has 1 fully saturated rings. The highest BCUT2D eigenvalue weighted by atomic mass is 32.2. The standard InChI is InChI=1S/C26H27N3O6S2/c1-33-21-12-13-25(34-2)24(14-21)29(37(31,32)23-6-4-3-5-7-23)16-26(30)28-27-15-19-8-10-20(11-9-19)35-22-17-36-18-22/h3-15,22H,16-18H2,1-2H3,(H,28,30)/b27-15+. The van der Waals surface area contributed by atoms with Gasteiger partial charge in [0.1, 0.15) is 29.9 Å². The Morgan fingerprint density at radius 3 is 2.35 bits per heavy atom. The summed E-state index contributed by atoms with van der Waals surface area (Å²) in [5.74, 6) is 2.80. The fraction of sp³-hybridized carbons (Fsp3) is 0.231. The monoisotopic (exact) mass is 541 g/mol. The average molecular weight is 542 g/mol. The van der Waals surface area contributed by atoms with Gasteiger partial charge in [0.15, 0.2) is 0 Å². The molecule has 3 aromatic carbocycles. The topological polar surface area (TPSA) is 107 Å². The predicted octanol–water partition coefficient (Wildman–Crippen LogP) is 3.54. The molecule has 0 spiro atoms. The van der Waals surface area contributed by atoms with Gasteiger partial charge in [0.2, 0.25) is 0 Å². The molecule has 0 atom stereocenters. The number of hydrazone groups is 1. The molecule has 9 nitrogen and oxygen atoms in total. The Balaban J connectivity index is 1.52. The van der Waals surface area contributed by atoms with E-state index in [1.165, 1.54) is 38.6 Å². The number of ether oxygens (including phenoxy) is 3. The first-order valence-corrected chi connectivity index (χ1v) is 14.0. The molecule has 1 heterocycles. The van der Waals surface area contributed by atoms with E-state index >= 15 is 0 Å². The van der Waals surface area contributed by atoms with Crippen molar-refractivity contribution in [1.29, 1.82) is 0 Å². The lowest BCUT2D eigenvalue weighted by Crippen LogP contribution is -2.39. The molecule has 1 aliphatic heterocycles. The second kappa shape index (κ2) is 12.0. The van der Waals surface area contributed by atoms with Crippen LogP contribution in [0, 0.1) is 0 Å². The Hall–Kier alpha value is -3.70. The minimum Gasteiger partial charge on any atom is -0.497 e. The van der Waals surface area contributed by atoms with E-state index < -0.39 is 22.5 Å². The minimum absolute atomic E-state index is 0.0268. The van der Waals surface area contributed by atoms with E-state index in [1.54, 1.807) is 30.3 Å². The van der Waals surface area contributed by atoms with Crippen LogP contribution in [0.15, 0.2) is 82.8 Å². The van der Waals surface area contributed by atoms with Gasteiger partial charge < -0.3 is 14.2 Å². The molecule has 194 valence electrons. The predicted molar refractivity (Wildman–Crippen MR) is 144 cm³/mol. The van der Waals surface area contributed by atoms with Crippen molar-refractivity contribution < 1.29 is 27.4 Å². The number of anilines is 1. The Morgan fingerprint density at radius 1 is 1.03 bits per heavy atom. The van der Waals surface area contributed by atoms with Crippen molar-refractivity contribution in [2.75, 3.05) is 36.6 Å². The number of sulfonamides is 1. The van der Waals surface area contributed by atoms with Crippen LogP contribution in [-0.4, -0.2) is 58.9 Å². The third-order valence-electron chi connectivity index (χ3n) is 5.47. The second-order valence-electron chi connectivity index (χ2n) is 8.00. The summed E-state index contributed by atoms with van der Waals surface area (Å²) in [4.78, 5) is 12.9. The average Bonchev–Trinajstić information content (AvgIpc) is 2.90. The summed E-state index contributed by atoms with van der Waals surface area (Å²) in [5, 5.41) is 3.99. The van der Waals surface area contributed by atoms with E-state index in [2.05, 4.69) is 10.5 Å². The molecule has 0 aliphatic carbocycles. The summed E-state index contributed by atoms with van der Waals surface area (Å²) in [7, 11) is -1.24. The van der Waals surface area contributed by atoms with Crippen LogP contribution in [0.5, 0.6) is 17.2 Å². The molecular weight excluding hydrogens is 514 g/mol. The van der Waals surface area contributed by atoms with Gasteiger partial charge in [-0.25, -0.2) is 13.8 Å². The van der Waals surface area contributed by atoms with Crippen LogP contribution in [0.4, 0.5) is 5.69 Å². The van der Waals surface area contributed by atoms with Crippen molar-refractivity contribution in [2.45, 2.75) is 11.0 Å². The number of rotatable bonds is 11. The first-order valence-electron chi connectivity index (χ1n) is 11.4. The Bertz CT molecular complexity index is 1340. The highest BCUT2D eigenvalue weighted by Gasteiger charge is 2.30. The lowest BCUT2D eigenvalue weighted by atomic mass is 10.2. The maximum atomic E-state index is 13.6. The van der Waals surface area contributed by atoms with Crippen molar-refractivity contribution in [3.63, 3.8) is 0 Å². The molecular formula is C26H27N3O6S2. The smallest absolute Gasteiger partial charge is 0.264 e. The van der Waals surface area contributed by atoms with E-state index in [9.17, 15) is 13.2 Å². The van der Waals surface area contributed by atoms with Gasteiger partial charge in [-0.15, -0.1) is 0 Å². The molecule has 0 unspecified atom stereocenters. The zero-order chi connectivity index (χ0) is 26.3. The number of thioether (sulfide) groups is 1. The first kappa shape index (κ1) is 26.4. The number of nitrogens with zero attached hydrogens (tertiary/aromatic N) is 2. The molecule has 0 radical (unpaired) electrons. The summed E-state index contributed by atoms with van der Waals surface area (Å²) >= 11 is 1.85. The highest BCUT2D eigenvalue weighted by molar-refractivity contribution is 8.00. The number of hydrogen-bond donors (Lipinski definition) is 1. The van der Waals surface area contributed by atoms with Crippen molar-refractivity contribution in [3.05, 3.63) is 78.4 Å². The molecule has 0 bridgehead atoms. The van der Waals surface area contributed by atoms with Crippen molar-refractivity contribution in [2.24, 2.45) is 5.10 Å². The second-order valence-corrected chi connectivity index (χ2v) is 10.9. The van der Waals surface area contributed by atoms with E-state index in [0.717, 1.165) is 27.1 Å². The van der Waals surface area contributed by atoms with Gasteiger partial charge in [-0.1, -0.05) is 18.2 Å². The molecule has 37 heavy (non-hydrogen) atoms. The molecule has 1 amide bonds. The maximum Gasteiger partial charge on any atom is 0.264 e. The third-order valence-corrected chi connectivity index (χ3v) is 8.46. The quantitative estimate of drug-likeness (QED) is 0.292. The van der Waals surface area contributed by atoms with Crippen LogP contribution in [-0.2, 0) is 14.8 Å². The van der Waals surface area contributed by atoms with Crippen LogP contribution >= 0.6 is 11.8 Å². The Kier molecular flexibility index (Phi) is 8.57. The maximum absolute atomic E-state index is 13.6. The summed E-state index contributed by atoms with van der Waals surface area (Å²) in [5.41, 5.74) is 3.31. The molecule has 3 aromatic rings. The molecule has 0 aromatic heterocycles. The van der Waals surface area contributed by atoms with E-state index in [0.29, 0.717) is 5.75 Å². The van der Waals surface area contributed by atoms with E-state index in [4.69, 9.17) is 14.2 Å². The van der Waals surface area contributed by atoms with Crippen LogP contribution in [0.1, 0.15) is 5.56 Å². The lowest BCUT2D eigenvalue weighted by Gasteiger charge is -2.25. The largest absolute Gasteiger partial charge is 0.497 e. The van der Waals surface area contributed by atoms with Gasteiger partial charge in [0, 0.05) is 17.6 Å². The fourth-order valence-corrected chi connectivity index (χ4v) is 5.47. The highest BCUT2D eigenvalue weighted by Crippen LogP contribution is 2.35. The molecule has 1 aliphatic rings. The summed E-state index contributed by atoms with van der Waals surface area (Å²) < 4.78 is 44.6. The number of carbonyl (C=O) groups is 1. The van der Waals surface area contributed by atoms with Gasteiger partial charge in [-0.3, -0.25) is 9.10 Å². The Labute approximate surface area is 220 Å². The van der Waals surface area contributed by atoms with Gasteiger partial charge in [0.05, 0.1) is 31.0 Å². The number of hydrogen-bond acceptors (Lipinski definition) is 8. The van der Waals surface area contributed by atoms with Crippen molar-refractivity contribution in [1.82, 2.24) is 5.43 Å². The van der Waals surface area contributed by atoms with Gasteiger partial charge >= 0.3 is 0 Å². The van der Waals surface area contributed by atoms with Gasteiger partial charge in [-0.05, 0) is 54.1 Å². The number of methoxy groups -OCH3 is 2. The number of carbonyl (C=O) groups excluding carboxylic acids is 1. The van der Waals surface area contributed by atoms with Crippen LogP contribution in [0.2, 0.25) is 0 Å². The van der Waals surface area contributed by atoms with E-state index in [-0.39, 0.29) is 22.4 Å². The Morgan fingerprint density at radius 2 is 1.73 bits per heavy atom. The zero-order valence-electron chi connectivity index (χ0n) is 20.4. The summed E-state index contributed by atoms with van der Waals surface area (Å²) in [6, 6.07) is 19.9. The normalized spacial score (nSPS) is 13.6. The number of nitrogens with one attached hydrogen (secondary N) is 1. The van der Waals surface area contributed by atoms with Crippen molar-refractivity contribution >= 4 is 39.6 Å². The molecule has 4 rings (SSSR count). The van der Waals surface area contributed by atoms with Gasteiger partial charge in [0.25, 0.3) is 15.9 Å². The molecule has 0 saturated carbocycles. The fourth-order valence-electron chi connectivity index (χ4n) is 3.46. The van der Waals surface area contributed by atoms with Crippen LogP contribution in [0.3, 0.4) is 0 Å². The minimum atomic E-state index is -4.13. The molecule has 11 heteroatoms. The summed E-state index contributed by atoms with van der Waals surface area (Å²) in [6.45, 7) is -0.537. The van der Waals surface area contributed by atoms with Gasteiger partial charge in [-0.2, -0.15) is 16.9 Å². The first-order chi connectivity index (χ1) is 17.9. The zero-order valence-corrected chi connectivity index (χ0v) is 22.0. The third kappa shape index (κ3) is 6.55. The number of amides is 1. The summed E-state index contributed by atoms with van der Waals surface area (Å²) in [6.07, 6.45) is 1.73. The van der Waals surface area contributed by atoms with Crippen molar-refractivity contribution in [3.8, 4) is 17.2 Å². The van der Waals surface area contributed by atoms with Crippen LogP contribution < -0.4 is 23.9 Å². The molecule has 1 saturated heterocycles. The van der Waals surface area contributed by atoms with E-state index in [1.807, 2.05) is 36.0 Å². The SMILES string of the molecule is COc1ccc(OC)c(N(CC(=O)N/N=C/c2ccc(OC3CSC3)cc2)S(=O)(=O)c2ccccc2)c1. The van der Waals surface area contributed by atoms with Crippen LogP contribution in [0.25, 0.3) is 0 Å².